The van der Waals surface area contributed by atoms with Crippen molar-refractivity contribution in [2.45, 2.75) is 13.0 Å². The van der Waals surface area contributed by atoms with Crippen LogP contribution in [0.3, 0.4) is 0 Å². The van der Waals surface area contributed by atoms with E-state index in [4.69, 9.17) is 10.5 Å². The lowest BCUT2D eigenvalue weighted by Gasteiger charge is -2.12. The molecule has 1 heterocycles. The highest BCUT2D eigenvalue weighted by Crippen LogP contribution is 2.26. The molecule has 2 aromatic rings. The van der Waals surface area contributed by atoms with Crippen LogP contribution in [0.2, 0.25) is 0 Å². The fourth-order valence-electron chi connectivity index (χ4n) is 1.45. The van der Waals surface area contributed by atoms with Crippen molar-refractivity contribution in [1.82, 2.24) is 4.98 Å². The molecule has 0 spiro atoms. The van der Waals surface area contributed by atoms with Gasteiger partial charge in [0.05, 0.1) is 0 Å². The van der Waals surface area contributed by atoms with Crippen LogP contribution in [0.1, 0.15) is 18.5 Å². The lowest BCUT2D eigenvalue weighted by Crippen LogP contribution is -2.07. The van der Waals surface area contributed by atoms with E-state index in [2.05, 4.69) is 27.6 Å². The summed E-state index contributed by atoms with van der Waals surface area (Å²) in [5.41, 5.74) is 6.78. The van der Waals surface area contributed by atoms with E-state index in [9.17, 15) is 0 Å². The van der Waals surface area contributed by atoms with Gasteiger partial charge in [-0.1, -0.05) is 6.07 Å². The van der Waals surface area contributed by atoms with Crippen LogP contribution < -0.4 is 10.5 Å². The van der Waals surface area contributed by atoms with Crippen LogP contribution in [-0.2, 0) is 0 Å². The van der Waals surface area contributed by atoms with Crippen LogP contribution in [0.15, 0.2) is 42.6 Å². The number of halogens is 1. The third-order valence-electron chi connectivity index (χ3n) is 2.32. The highest BCUT2D eigenvalue weighted by atomic mass is 127. The first-order valence-electron chi connectivity index (χ1n) is 5.31. The number of ether oxygens (including phenoxy) is 1. The summed E-state index contributed by atoms with van der Waals surface area (Å²) in [5, 5.41) is 0. The van der Waals surface area contributed by atoms with Crippen LogP contribution in [0.4, 0.5) is 0 Å². The van der Waals surface area contributed by atoms with Gasteiger partial charge in [-0.15, -0.1) is 0 Å². The predicted octanol–water partition coefficient (Wildman–Crippen LogP) is 3.50. The molecule has 2 N–H and O–H groups in total. The normalized spacial score (nSPS) is 12.2. The summed E-state index contributed by atoms with van der Waals surface area (Å²) in [4.78, 5) is 4.21. The van der Waals surface area contributed by atoms with Crippen molar-refractivity contribution in [3.05, 3.63) is 51.7 Å². The maximum absolute atomic E-state index is 5.87. The number of nitrogens with zero attached hydrogens (tertiary/aromatic N) is 1. The summed E-state index contributed by atoms with van der Waals surface area (Å²) in [5.74, 6) is 1.34. The molecule has 0 radical (unpaired) electrons. The molecule has 88 valence electrons. The molecular formula is C13H13IN2O. The number of pyridine rings is 1. The van der Waals surface area contributed by atoms with Crippen molar-refractivity contribution in [3.8, 4) is 11.6 Å². The largest absolute Gasteiger partial charge is 0.439 e. The summed E-state index contributed by atoms with van der Waals surface area (Å²) in [6.45, 7) is 1.91. The van der Waals surface area contributed by atoms with E-state index in [0.717, 1.165) is 11.3 Å². The van der Waals surface area contributed by atoms with Crippen LogP contribution >= 0.6 is 22.6 Å². The fraction of sp³-hybridized carbons (Fsp3) is 0.154. The lowest BCUT2D eigenvalue weighted by atomic mass is 10.1. The molecule has 0 amide bonds. The number of hydrogen-bond acceptors (Lipinski definition) is 3. The van der Waals surface area contributed by atoms with Gasteiger partial charge in [0.2, 0.25) is 5.88 Å². The zero-order valence-corrected chi connectivity index (χ0v) is 11.6. The Labute approximate surface area is 114 Å². The summed E-state index contributed by atoms with van der Waals surface area (Å²) < 4.78 is 6.90. The molecule has 1 aromatic carbocycles. The number of rotatable bonds is 3. The first-order chi connectivity index (χ1) is 8.16. The Morgan fingerprint density at radius 2 is 1.94 bits per heavy atom. The lowest BCUT2D eigenvalue weighted by molar-refractivity contribution is 0.452. The van der Waals surface area contributed by atoms with E-state index < -0.39 is 0 Å². The summed E-state index contributed by atoms with van der Waals surface area (Å²) in [6.07, 6.45) is 1.70. The maximum atomic E-state index is 5.87. The minimum Gasteiger partial charge on any atom is -0.439 e. The average Bonchev–Trinajstić information content (AvgIpc) is 2.32. The molecule has 3 nitrogen and oxygen atoms in total. The predicted molar refractivity (Wildman–Crippen MR) is 76.1 cm³/mol. The monoisotopic (exact) mass is 340 g/mol. The van der Waals surface area contributed by atoms with E-state index in [-0.39, 0.29) is 6.04 Å². The molecule has 0 aliphatic carbocycles. The van der Waals surface area contributed by atoms with E-state index in [1.165, 1.54) is 3.57 Å². The van der Waals surface area contributed by atoms with Gasteiger partial charge in [-0.2, -0.15) is 0 Å². The van der Waals surface area contributed by atoms with Crippen LogP contribution in [0, 0.1) is 3.57 Å². The second kappa shape index (κ2) is 5.46. The van der Waals surface area contributed by atoms with E-state index >= 15 is 0 Å². The van der Waals surface area contributed by atoms with Gasteiger partial charge in [-0.25, -0.2) is 4.98 Å². The van der Waals surface area contributed by atoms with Crippen molar-refractivity contribution < 1.29 is 4.74 Å². The Morgan fingerprint density at radius 3 is 2.59 bits per heavy atom. The van der Waals surface area contributed by atoms with Gasteiger partial charge in [0, 0.05) is 21.4 Å². The molecule has 0 aliphatic rings. The smallest absolute Gasteiger partial charge is 0.223 e. The third kappa shape index (κ3) is 3.17. The highest BCUT2D eigenvalue weighted by Gasteiger charge is 2.09. The van der Waals surface area contributed by atoms with Gasteiger partial charge in [0.25, 0.3) is 0 Å². The van der Waals surface area contributed by atoms with Crippen molar-refractivity contribution in [2.24, 2.45) is 5.73 Å². The van der Waals surface area contributed by atoms with E-state index in [1.54, 1.807) is 6.20 Å². The molecule has 4 heteroatoms. The first kappa shape index (κ1) is 12.3. The van der Waals surface area contributed by atoms with Gasteiger partial charge in [-0.05, 0) is 59.8 Å². The summed E-state index contributed by atoms with van der Waals surface area (Å²) in [6, 6.07) is 11.5. The number of benzene rings is 1. The molecule has 0 fully saturated rings. The Kier molecular flexibility index (Phi) is 3.96. The van der Waals surface area contributed by atoms with Gasteiger partial charge in [0.15, 0.2) is 0 Å². The second-order valence-electron chi connectivity index (χ2n) is 3.74. The zero-order chi connectivity index (χ0) is 12.3. The van der Waals surface area contributed by atoms with Crippen molar-refractivity contribution in [3.63, 3.8) is 0 Å². The number of aromatic nitrogens is 1. The molecule has 0 saturated heterocycles. The van der Waals surface area contributed by atoms with Gasteiger partial charge >= 0.3 is 0 Å². The molecule has 1 aromatic heterocycles. The van der Waals surface area contributed by atoms with Crippen molar-refractivity contribution >= 4 is 22.6 Å². The third-order valence-corrected chi connectivity index (χ3v) is 3.04. The molecule has 0 saturated carbocycles. The highest BCUT2D eigenvalue weighted by molar-refractivity contribution is 14.1. The summed E-state index contributed by atoms with van der Waals surface area (Å²) >= 11 is 2.25. The summed E-state index contributed by atoms with van der Waals surface area (Å²) in [7, 11) is 0. The molecular weight excluding hydrogens is 327 g/mol. The second-order valence-corrected chi connectivity index (χ2v) is 4.99. The zero-order valence-electron chi connectivity index (χ0n) is 9.43. The first-order valence-corrected chi connectivity index (χ1v) is 6.38. The Hall–Kier alpha value is -1.14. The SMILES string of the molecule is CC(N)c1cccnc1Oc1ccc(I)cc1. The average molecular weight is 340 g/mol. The minimum atomic E-state index is -0.0949. The van der Waals surface area contributed by atoms with Gasteiger partial charge < -0.3 is 10.5 Å². The molecule has 0 bridgehead atoms. The Morgan fingerprint density at radius 1 is 1.24 bits per heavy atom. The molecule has 1 atom stereocenters. The van der Waals surface area contributed by atoms with Crippen LogP contribution in [0.25, 0.3) is 0 Å². The standard InChI is InChI=1S/C13H13IN2O/c1-9(15)12-3-2-8-16-13(12)17-11-6-4-10(14)5-7-11/h2-9H,15H2,1H3. The molecule has 2 rings (SSSR count). The Balaban J connectivity index is 2.26. The van der Waals surface area contributed by atoms with Crippen molar-refractivity contribution in [1.29, 1.82) is 0 Å². The minimum absolute atomic E-state index is 0.0949. The van der Waals surface area contributed by atoms with Crippen molar-refractivity contribution in [2.75, 3.05) is 0 Å². The number of hydrogen-bond donors (Lipinski definition) is 1. The van der Waals surface area contributed by atoms with Gasteiger partial charge in [-0.3, -0.25) is 0 Å². The van der Waals surface area contributed by atoms with Crippen LogP contribution in [-0.4, -0.2) is 4.98 Å². The maximum Gasteiger partial charge on any atom is 0.223 e. The van der Waals surface area contributed by atoms with E-state index in [0.29, 0.717) is 5.88 Å². The molecule has 0 aliphatic heterocycles. The van der Waals surface area contributed by atoms with Gasteiger partial charge in [0.1, 0.15) is 5.75 Å². The number of nitrogens with two attached hydrogens (primary N) is 1. The molecule has 17 heavy (non-hydrogen) atoms. The Bertz CT molecular complexity index is 497. The molecule has 1 unspecified atom stereocenters. The quantitative estimate of drug-likeness (QED) is 0.870. The fourth-order valence-corrected chi connectivity index (χ4v) is 1.81. The van der Waals surface area contributed by atoms with Crippen LogP contribution in [0.5, 0.6) is 11.6 Å². The topological polar surface area (TPSA) is 48.1 Å². The van der Waals surface area contributed by atoms with E-state index in [1.807, 2.05) is 43.3 Å².